The van der Waals surface area contributed by atoms with Crippen LogP contribution in [0.25, 0.3) is 0 Å². The second-order valence-electron chi connectivity index (χ2n) is 4.34. The second kappa shape index (κ2) is 4.85. The third-order valence-electron chi connectivity index (χ3n) is 2.93. The van der Waals surface area contributed by atoms with Gasteiger partial charge in [0.2, 0.25) is 0 Å². The number of carbonyl (C=O) groups excluding carboxylic acids is 1. The van der Waals surface area contributed by atoms with Crippen LogP contribution in [0.5, 0.6) is 0 Å². The molecule has 2 atom stereocenters. The van der Waals surface area contributed by atoms with Crippen LogP contribution in [0, 0.1) is 0 Å². The monoisotopic (exact) mass is 235 g/mol. The molecule has 1 aliphatic rings. The maximum Gasteiger partial charge on any atom is 0.340 e. The molecule has 0 amide bonds. The summed E-state index contributed by atoms with van der Waals surface area (Å²) in [7, 11) is 0. The Balaban J connectivity index is 2.07. The van der Waals surface area contributed by atoms with Gasteiger partial charge < -0.3 is 4.74 Å². The molecule has 92 valence electrons. The van der Waals surface area contributed by atoms with E-state index in [1.807, 2.05) is 30.3 Å². The molecule has 0 saturated carbocycles. The van der Waals surface area contributed by atoms with Crippen molar-refractivity contribution < 1.29 is 14.4 Å². The summed E-state index contributed by atoms with van der Waals surface area (Å²) in [5.74, 6) is -0.314. The summed E-state index contributed by atoms with van der Waals surface area (Å²) in [6.45, 7) is 3.91. The minimum atomic E-state index is -0.892. The first kappa shape index (κ1) is 12.1. The van der Waals surface area contributed by atoms with Crippen LogP contribution in [-0.2, 0) is 14.4 Å². The molecule has 0 bridgehead atoms. The molecule has 1 aromatic carbocycles. The molecule has 1 fully saturated rings. The minimum Gasteiger partial charge on any atom is -0.464 e. The van der Waals surface area contributed by atoms with Crippen molar-refractivity contribution in [2.24, 2.45) is 0 Å². The van der Waals surface area contributed by atoms with E-state index < -0.39 is 5.60 Å². The van der Waals surface area contributed by atoms with Crippen LogP contribution in [0.3, 0.4) is 0 Å². The highest BCUT2D eigenvalue weighted by Crippen LogP contribution is 2.33. The van der Waals surface area contributed by atoms with Crippen molar-refractivity contribution in [3.8, 4) is 0 Å². The summed E-state index contributed by atoms with van der Waals surface area (Å²) >= 11 is 0. The van der Waals surface area contributed by atoms with Crippen LogP contribution in [0.1, 0.15) is 31.9 Å². The first-order chi connectivity index (χ1) is 8.15. The van der Waals surface area contributed by atoms with Gasteiger partial charge >= 0.3 is 5.97 Å². The van der Waals surface area contributed by atoms with E-state index in [1.54, 1.807) is 13.8 Å². The third kappa shape index (κ3) is 2.48. The maximum atomic E-state index is 11.8. The van der Waals surface area contributed by atoms with E-state index in [0.717, 1.165) is 5.56 Å². The Morgan fingerprint density at radius 1 is 1.53 bits per heavy atom. The van der Waals surface area contributed by atoms with Gasteiger partial charge in [-0.3, -0.25) is 4.84 Å². The number of rotatable bonds is 3. The molecule has 1 N–H and O–H groups in total. The van der Waals surface area contributed by atoms with Crippen molar-refractivity contribution in [3.05, 3.63) is 35.9 Å². The predicted molar refractivity (Wildman–Crippen MR) is 63.1 cm³/mol. The van der Waals surface area contributed by atoms with Gasteiger partial charge in [0, 0.05) is 6.42 Å². The van der Waals surface area contributed by atoms with Crippen molar-refractivity contribution in [2.45, 2.75) is 31.9 Å². The fourth-order valence-electron chi connectivity index (χ4n) is 1.95. The smallest absolute Gasteiger partial charge is 0.340 e. The molecular weight excluding hydrogens is 218 g/mol. The molecule has 2 rings (SSSR count). The van der Waals surface area contributed by atoms with Gasteiger partial charge in [-0.05, 0) is 19.4 Å². The van der Waals surface area contributed by atoms with Gasteiger partial charge in [0.05, 0.1) is 12.6 Å². The van der Waals surface area contributed by atoms with Gasteiger partial charge in [-0.15, -0.1) is 0 Å². The molecule has 0 spiro atoms. The highest BCUT2D eigenvalue weighted by atomic mass is 16.7. The van der Waals surface area contributed by atoms with Gasteiger partial charge in [-0.2, -0.15) is 5.48 Å². The largest absolute Gasteiger partial charge is 0.464 e. The molecular formula is C13H17NO3. The lowest BCUT2D eigenvalue weighted by Gasteiger charge is -2.18. The van der Waals surface area contributed by atoms with E-state index in [-0.39, 0.29) is 12.0 Å². The Kier molecular flexibility index (Phi) is 3.45. The zero-order chi connectivity index (χ0) is 12.3. The lowest BCUT2D eigenvalue weighted by Crippen LogP contribution is -2.37. The highest BCUT2D eigenvalue weighted by molar-refractivity contribution is 5.79. The standard InChI is InChI=1S/C13H17NO3/c1-3-16-12(15)13(2)9-11(14-17-13)10-7-5-4-6-8-10/h4-8,11,14H,3,9H2,1-2H3/t11-,13-/m1/s1. The third-order valence-corrected chi connectivity index (χ3v) is 2.93. The molecule has 4 nitrogen and oxygen atoms in total. The minimum absolute atomic E-state index is 0.0330. The number of hydrogen-bond donors (Lipinski definition) is 1. The summed E-state index contributed by atoms with van der Waals surface area (Å²) in [4.78, 5) is 17.2. The van der Waals surface area contributed by atoms with Gasteiger partial charge in [0.1, 0.15) is 0 Å². The molecule has 17 heavy (non-hydrogen) atoms. The molecule has 1 heterocycles. The Morgan fingerprint density at radius 2 is 2.24 bits per heavy atom. The molecule has 1 aliphatic heterocycles. The number of carbonyl (C=O) groups is 1. The van der Waals surface area contributed by atoms with Crippen LogP contribution in [0.2, 0.25) is 0 Å². The first-order valence-corrected chi connectivity index (χ1v) is 5.81. The Bertz CT molecular complexity index is 393. The van der Waals surface area contributed by atoms with Gasteiger partial charge in [-0.1, -0.05) is 30.3 Å². The second-order valence-corrected chi connectivity index (χ2v) is 4.34. The lowest BCUT2D eigenvalue weighted by molar-refractivity contribution is -0.169. The van der Waals surface area contributed by atoms with Gasteiger partial charge in [0.15, 0.2) is 5.60 Å². The molecule has 0 radical (unpaired) electrons. The normalized spacial score (nSPS) is 28.0. The quantitative estimate of drug-likeness (QED) is 0.814. The topological polar surface area (TPSA) is 47.6 Å². The summed E-state index contributed by atoms with van der Waals surface area (Å²) in [6, 6.07) is 9.96. The number of ether oxygens (including phenoxy) is 1. The lowest BCUT2D eigenvalue weighted by atomic mass is 9.94. The fraction of sp³-hybridized carbons (Fsp3) is 0.462. The maximum absolute atomic E-state index is 11.8. The van der Waals surface area contributed by atoms with Gasteiger partial charge in [0.25, 0.3) is 0 Å². The van der Waals surface area contributed by atoms with E-state index >= 15 is 0 Å². The Morgan fingerprint density at radius 3 is 2.88 bits per heavy atom. The van der Waals surface area contributed by atoms with Gasteiger partial charge in [-0.25, -0.2) is 4.79 Å². The number of esters is 1. The van der Waals surface area contributed by atoms with Crippen LogP contribution in [0.4, 0.5) is 0 Å². The van der Waals surface area contributed by atoms with Crippen molar-refractivity contribution in [2.75, 3.05) is 6.61 Å². The van der Waals surface area contributed by atoms with E-state index in [1.165, 1.54) is 0 Å². The fourth-order valence-corrected chi connectivity index (χ4v) is 1.95. The van der Waals surface area contributed by atoms with E-state index in [2.05, 4.69) is 5.48 Å². The summed E-state index contributed by atoms with van der Waals surface area (Å²) in [5.41, 5.74) is 3.12. The zero-order valence-corrected chi connectivity index (χ0v) is 10.1. The number of nitrogens with one attached hydrogen (secondary N) is 1. The molecule has 0 unspecified atom stereocenters. The average Bonchev–Trinajstić information content (AvgIpc) is 2.75. The SMILES string of the molecule is CCOC(=O)[C@@]1(C)C[C@H](c2ccccc2)NO1. The molecule has 0 aromatic heterocycles. The van der Waals surface area contributed by atoms with E-state index in [4.69, 9.17) is 9.57 Å². The molecule has 4 heteroatoms. The number of hydroxylamine groups is 1. The van der Waals surface area contributed by atoms with Crippen molar-refractivity contribution in [1.29, 1.82) is 0 Å². The van der Waals surface area contributed by atoms with E-state index in [0.29, 0.717) is 13.0 Å². The van der Waals surface area contributed by atoms with Crippen LogP contribution in [0.15, 0.2) is 30.3 Å². The molecule has 0 aliphatic carbocycles. The zero-order valence-electron chi connectivity index (χ0n) is 10.1. The van der Waals surface area contributed by atoms with Crippen LogP contribution in [-0.4, -0.2) is 18.2 Å². The Labute approximate surface area is 101 Å². The number of hydrogen-bond acceptors (Lipinski definition) is 4. The molecule has 1 saturated heterocycles. The molecule has 1 aromatic rings. The summed E-state index contributed by atoms with van der Waals surface area (Å²) in [6.07, 6.45) is 0.579. The van der Waals surface area contributed by atoms with E-state index in [9.17, 15) is 4.79 Å². The summed E-state index contributed by atoms with van der Waals surface area (Å²) in [5, 5.41) is 0. The Hall–Kier alpha value is -1.39. The average molecular weight is 235 g/mol. The summed E-state index contributed by atoms with van der Waals surface area (Å²) < 4.78 is 5.01. The highest BCUT2D eigenvalue weighted by Gasteiger charge is 2.44. The van der Waals surface area contributed by atoms with Crippen molar-refractivity contribution in [1.82, 2.24) is 5.48 Å². The van der Waals surface area contributed by atoms with Crippen molar-refractivity contribution >= 4 is 5.97 Å². The first-order valence-electron chi connectivity index (χ1n) is 5.81. The predicted octanol–water partition coefficient (Wildman–Crippen LogP) is 1.97. The number of benzene rings is 1. The van der Waals surface area contributed by atoms with Crippen molar-refractivity contribution in [3.63, 3.8) is 0 Å². The van der Waals surface area contributed by atoms with Crippen LogP contribution < -0.4 is 5.48 Å². The van der Waals surface area contributed by atoms with Crippen LogP contribution >= 0.6 is 0 Å².